The minimum Gasteiger partial charge on any atom is -0.462 e. The van der Waals surface area contributed by atoms with E-state index < -0.39 is 12.1 Å². The van der Waals surface area contributed by atoms with Crippen LogP contribution in [-0.4, -0.2) is 37.2 Å². The second-order valence-corrected chi connectivity index (χ2v) is 15.2. The predicted molar refractivity (Wildman–Crippen MR) is 269 cm³/mol. The molecule has 6 heteroatoms. The molecule has 0 heterocycles. The molecule has 0 N–H and O–H groups in total. The van der Waals surface area contributed by atoms with Crippen LogP contribution in [0.5, 0.6) is 0 Å². The van der Waals surface area contributed by atoms with Gasteiger partial charge in [0.25, 0.3) is 0 Å². The molecule has 1 unspecified atom stereocenters. The van der Waals surface area contributed by atoms with Crippen molar-refractivity contribution in [3.63, 3.8) is 0 Å². The summed E-state index contributed by atoms with van der Waals surface area (Å²) < 4.78 is 16.6. The summed E-state index contributed by atoms with van der Waals surface area (Å²) in [6.45, 7) is 6.19. The van der Waals surface area contributed by atoms with E-state index in [9.17, 15) is 14.4 Å². The summed E-state index contributed by atoms with van der Waals surface area (Å²) in [5.74, 6) is -1.14. The Balaban J connectivity index is 4.61. The molecular formula is C57H86O6. The van der Waals surface area contributed by atoms with Gasteiger partial charge in [-0.25, -0.2) is 0 Å². The summed E-state index contributed by atoms with van der Waals surface area (Å²) in [4.78, 5) is 37.8. The lowest BCUT2D eigenvalue weighted by molar-refractivity contribution is -0.166. The molecule has 0 aliphatic carbocycles. The van der Waals surface area contributed by atoms with Crippen LogP contribution in [0, 0.1) is 0 Å². The number of hydrogen-bond donors (Lipinski definition) is 0. The number of carbonyl (C=O) groups excluding carboxylic acids is 3. The molecule has 0 radical (unpaired) electrons. The molecule has 0 amide bonds. The molecular weight excluding hydrogens is 781 g/mol. The van der Waals surface area contributed by atoms with Crippen molar-refractivity contribution in [2.45, 2.75) is 181 Å². The molecule has 6 nitrogen and oxygen atoms in total. The lowest BCUT2D eigenvalue weighted by Crippen LogP contribution is -2.30. The van der Waals surface area contributed by atoms with Crippen molar-refractivity contribution in [3.05, 3.63) is 146 Å². The van der Waals surface area contributed by atoms with Crippen LogP contribution in [0.1, 0.15) is 175 Å². The van der Waals surface area contributed by atoms with Crippen LogP contribution in [0.2, 0.25) is 0 Å². The molecule has 0 rings (SSSR count). The van der Waals surface area contributed by atoms with Crippen molar-refractivity contribution in [2.24, 2.45) is 0 Å². The third-order valence-corrected chi connectivity index (χ3v) is 9.32. The first kappa shape index (κ1) is 58.3. The second kappa shape index (κ2) is 49.9. The average Bonchev–Trinajstić information content (AvgIpc) is 3.28. The highest BCUT2D eigenvalue weighted by Crippen LogP contribution is 2.09. The zero-order valence-corrected chi connectivity index (χ0v) is 39.8. The first-order valence-corrected chi connectivity index (χ1v) is 24.3. The Morgan fingerprint density at radius 3 is 1.05 bits per heavy atom. The van der Waals surface area contributed by atoms with Crippen LogP contribution in [0.15, 0.2) is 146 Å². The highest BCUT2D eigenvalue weighted by Gasteiger charge is 2.19. The zero-order valence-electron chi connectivity index (χ0n) is 39.8. The average molecular weight is 867 g/mol. The van der Waals surface area contributed by atoms with E-state index in [-0.39, 0.29) is 44.4 Å². The fourth-order valence-electron chi connectivity index (χ4n) is 5.74. The van der Waals surface area contributed by atoms with Crippen molar-refractivity contribution in [1.29, 1.82) is 0 Å². The standard InChI is InChI=1S/C57H86O6/c1-4-7-10-13-16-19-21-23-25-27-28-30-31-33-35-38-41-44-47-50-56(59)62-53-54(52-61-55(58)49-46-43-40-37-18-15-12-9-6-3)63-57(60)51-48-45-42-39-36-34-32-29-26-24-22-20-17-14-11-8-5-2/h7-8,10-11,16-17,19-20,23-26,28,30,32-35,37,39-42,44,54H,4-6,9,12-15,18,21-22,27,29,31,36,38,43,45-53H2,1-3H3/b10-7-,11-8-,19-16-,20-17-,25-23-,26-24-,30-28-,34-32-,35-33-,40-37-,42-39-,44-41-. The van der Waals surface area contributed by atoms with Gasteiger partial charge >= 0.3 is 17.9 Å². The minimum atomic E-state index is -0.854. The first-order chi connectivity index (χ1) is 31.0. The van der Waals surface area contributed by atoms with Crippen LogP contribution < -0.4 is 0 Å². The van der Waals surface area contributed by atoms with Gasteiger partial charge in [0.15, 0.2) is 6.10 Å². The summed E-state index contributed by atoms with van der Waals surface area (Å²) in [5.41, 5.74) is 0. The van der Waals surface area contributed by atoms with E-state index in [0.29, 0.717) is 19.3 Å². The normalized spacial score (nSPS) is 13.4. The summed E-state index contributed by atoms with van der Waals surface area (Å²) in [5, 5.41) is 0. The van der Waals surface area contributed by atoms with E-state index in [2.05, 4.69) is 154 Å². The molecule has 0 aromatic heterocycles. The van der Waals surface area contributed by atoms with Crippen LogP contribution in [0.3, 0.4) is 0 Å². The summed E-state index contributed by atoms with van der Waals surface area (Å²) >= 11 is 0. The van der Waals surface area contributed by atoms with E-state index in [4.69, 9.17) is 14.2 Å². The van der Waals surface area contributed by atoms with Gasteiger partial charge in [-0.15, -0.1) is 0 Å². The van der Waals surface area contributed by atoms with Crippen molar-refractivity contribution in [3.8, 4) is 0 Å². The van der Waals surface area contributed by atoms with Gasteiger partial charge in [0.1, 0.15) is 13.2 Å². The van der Waals surface area contributed by atoms with E-state index in [1.807, 2.05) is 12.2 Å². The Kier molecular flexibility index (Phi) is 46.2. The molecule has 0 aliphatic heterocycles. The number of hydrogen-bond acceptors (Lipinski definition) is 6. The van der Waals surface area contributed by atoms with Crippen molar-refractivity contribution in [1.82, 2.24) is 0 Å². The molecule has 0 aliphatic rings. The highest BCUT2D eigenvalue weighted by molar-refractivity contribution is 5.71. The number of esters is 3. The molecule has 63 heavy (non-hydrogen) atoms. The van der Waals surface area contributed by atoms with Gasteiger partial charge < -0.3 is 14.2 Å². The van der Waals surface area contributed by atoms with Gasteiger partial charge in [-0.05, 0) is 116 Å². The largest absolute Gasteiger partial charge is 0.462 e. The Hall–Kier alpha value is -4.71. The number of ether oxygens (including phenoxy) is 3. The molecule has 0 spiro atoms. The smallest absolute Gasteiger partial charge is 0.306 e. The molecule has 1 atom stereocenters. The highest BCUT2D eigenvalue weighted by atomic mass is 16.6. The molecule has 0 saturated heterocycles. The Labute approximate surface area is 385 Å². The van der Waals surface area contributed by atoms with Gasteiger partial charge in [-0.1, -0.05) is 186 Å². The number of allylic oxidation sites excluding steroid dienone is 24. The molecule has 0 fully saturated rings. The first-order valence-electron chi connectivity index (χ1n) is 24.3. The van der Waals surface area contributed by atoms with Crippen molar-refractivity contribution >= 4 is 17.9 Å². The van der Waals surface area contributed by atoms with E-state index in [1.54, 1.807) is 0 Å². The summed E-state index contributed by atoms with van der Waals surface area (Å²) in [6.07, 6.45) is 71.5. The Bertz CT molecular complexity index is 1460. The van der Waals surface area contributed by atoms with Crippen LogP contribution >= 0.6 is 0 Å². The zero-order chi connectivity index (χ0) is 45.8. The minimum absolute atomic E-state index is 0.146. The summed E-state index contributed by atoms with van der Waals surface area (Å²) in [7, 11) is 0. The maximum Gasteiger partial charge on any atom is 0.306 e. The van der Waals surface area contributed by atoms with E-state index in [0.717, 1.165) is 89.9 Å². The monoisotopic (exact) mass is 867 g/mol. The third kappa shape index (κ3) is 48.2. The van der Waals surface area contributed by atoms with Crippen LogP contribution in [-0.2, 0) is 28.6 Å². The topological polar surface area (TPSA) is 78.9 Å². The van der Waals surface area contributed by atoms with Crippen molar-refractivity contribution in [2.75, 3.05) is 13.2 Å². The fourth-order valence-corrected chi connectivity index (χ4v) is 5.74. The van der Waals surface area contributed by atoms with Gasteiger partial charge in [-0.3, -0.25) is 14.4 Å². The quantitative estimate of drug-likeness (QED) is 0.0264. The molecule has 0 aromatic carbocycles. The number of unbranched alkanes of at least 4 members (excludes halogenated alkanes) is 6. The predicted octanol–water partition coefficient (Wildman–Crippen LogP) is 16.1. The summed E-state index contributed by atoms with van der Waals surface area (Å²) in [6, 6.07) is 0. The van der Waals surface area contributed by atoms with Gasteiger partial charge in [0.2, 0.25) is 0 Å². The van der Waals surface area contributed by atoms with E-state index >= 15 is 0 Å². The molecule has 0 aromatic rings. The maximum absolute atomic E-state index is 12.7. The van der Waals surface area contributed by atoms with Crippen molar-refractivity contribution < 1.29 is 28.6 Å². The molecule has 350 valence electrons. The molecule has 0 saturated carbocycles. The van der Waals surface area contributed by atoms with Crippen LogP contribution in [0.4, 0.5) is 0 Å². The van der Waals surface area contributed by atoms with Crippen LogP contribution in [0.25, 0.3) is 0 Å². The number of carbonyl (C=O) groups is 3. The Morgan fingerprint density at radius 2 is 0.651 bits per heavy atom. The fraction of sp³-hybridized carbons (Fsp3) is 0.526. The third-order valence-electron chi connectivity index (χ3n) is 9.32. The molecule has 0 bridgehead atoms. The maximum atomic E-state index is 12.7. The van der Waals surface area contributed by atoms with Gasteiger partial charge in [0, 0.05) is 19.3 Å². The lowest BCUT2D eigenvalue weighted by atomic mass is 10.1. The van der Waals surface area contributed by atoms with Gasteiger partial charge in [0.05, 0.1) is 0 Å². The second-order valence-electron chi connectivity index (χ2n) is 15.2. The Morgan fingerprint density at radius 1 is 0.333 bits per heavy atom. The lowest BCUT2D eigenvalue weighted by Gasteiger charge is -2.18. The number of rotatable bonds is 41. The van der Waals surface area contributed by atoms with Gasteiger partial charge in [-0.2, -0.15) is 0 Å². The van der Waals surface area contributed by atoms with E-state index in [1.165, 1.54) is 25.7 Å². The SMILES string of the molecule is CC/C=C\C/C=C\C/C=C\C/C=C\C/C=C\C/C=C\CCC(=O)OCC(COC(=O)CCC/C=C\CCCCCC)OC(=O)CCC/C=C\C/C=C\C/C=C\C/C=C\C/C=C\CC.